The summed E-state index contributed by atoms with van der Waals surface area (Å²) in [6.45, 7) is 11.8. The number of allylic oxidation sites excluding steroid dienone is 2. The van der Waals surface area contributed by atoms with Crippen LogP contribution in [0, 0.1) is 0 Å². The second-order valence-corrected chi connectivity index (χ2v) is 4.63. The van der Waals surface area contributed by atoms with Gasteiger partial charge in [-0.2, -0.15) is 0 Å². The van der Waals surface area contributed by atoms with Crippen LogP contribution in [0.2, 0.25) is 0 Å². The number of nitrogens with zero attached hydrogens (tertiary/aromatic N) is 1. The van der Waals surface area contributed by atoms with Crippen molar-refractivity contribution >= 4 is 17.7 Å². The van der Waals surface area contributed by atoms with Crippen molar-refractivity contribution in [3.63, 3.8) is 0 Å². The van der Waals surface area contributed by atoms with Gasteiger partial charge in [-0.05, 0) is 39.3 Å². The summed E-state index contributed by atoms with van der Waals surface area (Å²) in [4.78, 5) is 13.5. The van der Waals surface area contributed by atoms with Gasteiger partial charge >= 0.3 is 6.09 Å². The van der Waals surface area contributed by atoms with Crippen LogP contribution in [-0.4, -0.2) is 35.6 Å². The molecule has 0 radical (unpaired) electrons. The lowest BCUT2D eigenvalue weighted by atomic mass is 10.2. The Morgan fingerprint density at radius 1 is 1.35 bits per heavy atom. The summed E-state index contributed by atoms with van der Waals surface area (Å²) in [5, 5.41) is 0. The van der Waals surface area contributed by atoms with Gasteiger partial charge in [0.15, 0.2) is 0 Å². The third-order valence-electron chi connectivity index (χ3n) is 2.15. The number of carbonyl (C=O) groups excluding carboxylic acids is 1. The minimum atomic E-state index is -0.295. The first-order chi connectivity index (χ1) is 7.90. The molecule has 0 aliphatic rings. The Morgan fingerprint density at radius 2 is 1.88 bits per heavy atom. The fourth-order valence-corrected chi connectivity index (χ4v) is 1.56. The molecule has 0 aromatic carbocycles. The van der Waals surface area contributed by atoms with Gasteiger partial charge in [0, 0.05) is 18.0 Å². The zero-order chi connectivity index (χ0) is 13.4. The van der Waals surface area contributed by atoms with Crippen molar-refractivity contribution in [2.24, 2.45) is 0 Å². The second kappa shape index (κ2) is 8.18. The van der Waals surface area contributed by atoms with Crippen LogP contribution in [0.4, 0.5) is 4.79 Å². The van der Waals surface area contributed by atoms with Gasteiger partial charge in [-0.15, -0.1) is 11.6 Å². The highest BCUT2D eigenvalue weighted by Crippen LogP contribution is 2.07. The van der Waals surface area contributed by atoms with Crippen LogP contribution < -0.4 is 0 Å². The van der Waals surface area contributed by atoms with E-state index >= 15 is 0 Å². The van der Waals surface area contributed by atoms with Crippen LogP contribution in [0.5, 0.6) is 0 Å². The molecule has 0 saturated carbocycles. The molecule has 0 fully saturated rings. The van der Waals surface area contributed by atoms with Crippen LogP contribution in [0.25, 0.3) is 0 Å². The lowest BCUT2D eigenvalue weighted by Gasteiger charge is -2.29. The molecule has 0 aromatic heterocycles. The van der Waals surface area contributed by atoms with E-state index in [2.05, 4.69) is 6.58 Å². The monoisotopic (exact) mass is 259 g/mol. The quantitative estimate of drug-likeness (QED) is 0.539. The third kappa shape index (κ3) is 6.37. The molecule has 98 valence electrons. The van der Waals surface area contributed by atoms with Crippen LogP contribution in [-0.2, 0) is 4.74 Å². The van der Waals surface area contributed by atoms with Crippen molar-refractivity contribution in [2.75, 3.05) is 12.5 Å². The molecule has 0 aromatic rings. The average Bonchev–Trinajstić information content (AvgIpc) is 2.22. The van der Waals surface area contributed by atoms with Crippen LogP contribution in [0.1, 0.15) is 27.7 Å². The van der Waals surface area contributed by atoms with Crippen molar-refractivity contribution < 1.29 is 9.53 Å². The summed E-state index contributed by atoms with van der Waals surface area (Å²) in [6, 6.07) is 0.258. The van der Waals surface area contributed by atoms with Gasteiger partial charge in [-0.25, -0.2) is 4.79 Å². The first kappa shape index (κ1) is 16.0. The van der Waals surface area contributed by atoms with Gasteiger partial charge in [0.2, 0.25) is 0 Å². The molecule has 4 heteroatoms. The van der Waals surface area contributed by atoms with E-state index in [1.165, 1.54) is 0 Å². The van der Waals surface area contributed by atoms with E-state index in [9.17, 15) is 4.79 Å². The average molecular weight is 260 g/mol. The number of halogens is 1. The maximum absolute atomic E-state index is 11.8. The van der Waals surface area contributed by atoms with Gasteiger partial charge in [-0.3, -0.25) is 0 Å². The Morgan fingerprint density at radius 3 is 2.29 bits per heavy atom. The molecule has 0 spiro atoms. The maximum Gasteiger partial charge on any atom is 0.410 e. The summed E-state index contributed by atoms with van der Waals surface area (Å²) in [7, 11) is 0. The van der Waals surface area contributed by atoms with E-state index in [0.29, 0.717) is 5.88 Å². The third-order valence-corrected chi connectivity index (χ3v) is 2.50. The molecule has 0 N–H and O–H groups in total. The standard InChI is InChI=1S/C13H22ClNO2/c1-10(2)15(11(3)4)13(16)17-8-6-7-12(5)9-14/h6-7,10-11H,5,8-9H2,1-4H3/b7-6+. The first-order valence-corrected chi connectivity index (χ1v) is 6.29. The van der Waals surface area contributed by atoms with Crippen LogP contribution >= 0.6 is 11.6 Å². The number of hydrogen-bond donors (Lipinski definition) is 0. The van der Waals surface area contributed by atoms with E-state index in [4.69, 9.17) is 16.3 Å². The van der Waals surface area contributed by atoms with Gasteiger partial charge in [0.1, 0.15) is 6.61 Å². The molecule has 3 nitrogen and oxygen atoms in total. The Labute approximate surface area is 109 Å². The number of rotatable bonds is 6. The summed E-state index contributed by atoms with van der Waals surface area (Å²) in [5.74, 6) is 0.383. The molecule has 0 saturated heterocycles. The molecule has 0 aliphatic carbocycles. The molecule has 1 amide bonds. The summed E-state index contributed by atoms with van der Waals surface area (Å²) >= 11 is 5.56. The van der Waals surface area contributed by atoms with Crippen molar-refractivity contribution in [1.29, 1.82) is 0 Å². The van der Waals surface area contributed by atoms with Gasteiger partial charge in [0.25, 0.3) is 0 Å². The summed E-state index contributed by atoms with van der Waals surface area (Å²) < 4.78 is 5.14. The first-order valence-electron chi connectivity index (χ1n) is 5.75. The van der Waals surface area contributed by atoms with Crippen LogP contribution in [0.15, 0.2) is 24.3 Å². The number of alkyl halides is 1. The molecular formula is C13H22ClNO2. The zero-order valence-electron chi connectivity index (χ0n) is 11.1. The smallest absolute Gasteiger partial charge is 0.410 e. The molecule has 0 bridgehead atoms. The highest BCUT2D eigenvalue weighted by atomic mass is 35.5. The van der Waals surface area contributed by atoms with E-state index in [1.54, 1.807) is 17.1 Å². The maximum atomic E-state index is 11.8. The van der Waals surface area contributed by atoms with Gasteiger partial charge in [0.05, 0.1) is 0 Å². The fraction of sp³-hybridized carbons (Fsp3) is 0.615. The Kier molecular flexibility index (Phi) is 7.72. The SMILES string of the molecule is C=C(/C=C/COC(=O)N(C(C)C)C(C)C)CCl. The molecular weight excluding hydrogens is 238 g/mol. The molecule has 0 rings (SSSR count). The van der Waals surface area contributed by atoms with Gasteiger partial charge < -0.3 is 9.64 Å². The van der Waals surface area contributed by atoms with Crippen molar-refractivity contribution in [3.05, 3.63) is 24.3 Å². The number of amides is 1. The molecule has 0 heterocycles. The predicted octanol–water partition coefficient (Wildman–Crippen LogP) is 3.59. The van der Waals surface area contributed by atoms with Crippen molar-refractivity contribution in [1.82, 2.24) is 4.90 Å². The highest BCUT2D eigenvalue weighted by molar-refractivity contribution is 6.19. The zero-order valence-corrected chi connectivity index (χ0v) is 11.8. The van der Waals surface area contributed by atoms with E-state index in [0.717, 1.165) is 5.57 Å². The Balaban J connectivity index is 4.16. The lowest BCUT2D eigenvalue weighted by Crippen LogP contribution is -2.42. The molecule has 0 unspecified atom stereocenters. The largest absolute Gasteiger partial charge is 0.445 e. The normalized spacial score (nSPS) is 11.2. The highest BCUT2D eigenvalue weighted by Gasteiger charge is 2.20. The minimum Gasteiger partial charge on any atom is -0.445 e. The Bertz CT molecular complexity index is 277. The van der Waals surface area contributed by atoms with Gasteiger partial charge in [-0.1, -0.05) is 12.7 Å². The fourth-order valence-electron chi connectivity index (χ4n) is 1.47. The number of ether oxygens (including phenoxy) is 1. The molecule has 0 aliphatic heterocycles. The number of hydrogen-bond acceptors (Lipinski definition) is 2. The lowest BCUT2D eigenvalue weighted by molar-refractivity contribution is 0.0875. The second-order valence-electron chi connectivity index (χ2n) is 4.37. The Hall–Kier alpha value is -0.960. The predicted molar refractivity (Wildman–Crippen MR) is 72.5 cm³/mol. The summed E-state index contributed by atoms with van der Waals surface area (Å²) in [6.07, 6.45) is 3.20. The topological polar surface area (TPSA) is 29.5 Å². The number of carbonyl (C=O) groups is 1. The van der Waals surface area contributed by atoms with E-state index in [1.807, 2.05) is 27.7 Å². The van der Waals surface area contributed by atoms with Crippen molar-refractivity contribution in [2.45, 2.75) is 39.8 Å². The summed E-state index contributed by atoms with van der Waals surface area (Å²) in [5.41, 5.74) is 0.798. The van der Waals surface area contributed by atoms with E-state index < -0.39 is 0 Å². The minimum absolute atomic E-state index is 0.129. The van der Waals surface area contributed by atoms with Crippen molar-refractivity contribution in [3.8, 4) is 0 Å². The van der Waals surface area contributed by atoms with Crippen LogP contribution in [0.3, 0.4) is 0 Å². The molecule has 17 heavy (non-hydrogen) atoms. The van der Waals surface area contributed by atoms with E-state index in [-0.39, 0.29) is 24.8 Å². The molecule has 0 atom stereocenters.